The lowest BCUT2D eigenvalue weighted by atomic mass is 9.82. The first-order chi connectivity index (χ1) is 8.83. The molecule has 0 unspecified atom stereocenters. The van der Waals surface area contributed by atoms with Crippen LogP contribution in [0.25, 0.3) is 0 Å². The van der Waals surface area contributed by atoms with Gasteiger partial charge in [-0.25, -0.2) is 0 Å². The van der Waals surface area contributed by atoms with E-state index in [9.17, 15) is 5.11 Å². The molecule has 2 atom stereocenters. The molecule has 0 aromatic heterocycles. The molecule has 1 aromatic rings. The summed E-state index contributed by atoms with van der Waals surface area (Å²) in [6, 6.07) is 8.34. The predicted molar refractivity (Wildman–Crippen MR) is 71.9 cm³/mol. The average molecular weight is 246 g/mol. The predicted octanol–water partition coefficient (Wildman–Crippen LogP) is 3.49. The number of ether oxygens (including phenoxy) is 1. The van der Waals surface area contributed by atoms with Crippen molar-refractivity contribution in [3.63, 3.8) is 0 Å². The van der Waals surface area contributed by atoms with Crippen molar-refractivity contribution >= 4 is 0 Å². The molecule has 0 saturated heterocycles. The van der Waals surface area contributed by atoms with Gasteiger partial charge in [-0.2, -0.15) is 0 Å². The molecule has 0 aliphatic heterocycles. The first-order valence-corrected chi connectivity index (χ1v) is 7.24. The van der Waals surface area contributed by atoms with Gasteiger partial charge in [0.1, 0.15) is 5.75 Å². The van der Waals surface area contributed by atoms with Gasteiger partial charge in [0.2, 0.25) is 0 Å². The smallest absolute Gasteiger partial charge is 0.119 e. The molecule has 1 aromatic carbocycles. The molecule has 98 valence electrons. The summed E-state index contributed by atoms with van der Waals surface area (Å²) in [6.07, 6.45) is 6.91. The maximum absolute atomic E-state index is 10.1. The first kappa shape index (κ1) is 12.0. The average Bonchev–Trinajstić information content (AvgIpc) is 3.21. The second-order valence-corrected chi connectivity index (χ2v) is 5.79. The van der Waals surface area contributed by atoms with E-state index in [1.54, 1.807) is 0 Å². The lowest BCUT2D eigenvalue weighted by molar-refractivity contribution is 0.106. The van der Waals surface area contributed by atoms with Crippen molar-refractivity contribution in [2.24, 2.45) is 5.92 Å². The van der Waals surface area contributed by atoms with E-state index in [0.717, 1.165) is 37.5 Å². The molecule has 18 heavy (non-hydrogen) atoms. The molecule has 2 fully saturated rings. The van der Waals surface area contributed by atoms with Gasteiger partial charge in [-0.15, -0.1) is 0 Å². The molecular formula is C16H22O2. The maximum atomic E-state index is 10.1. The van der Waals surface area contributed by atoms with Crippen LogP contribution >= 0.6 is 0 Å². The van der Waals surface area contributed by atoms with Gasteiger partial charge in [0.15, 0.2) is 0 Å². The van der Waals surface area contributed by atoms with Crippen molar-refractivity contribution in [3.05, 3.63) is 29.8 Å². The van der Waals surface area contributed by atoms with Crippen LogP contribution in [0.2, 0.25) is 0 Å². The van der Waals surface area contributed by atoms with Gasteiger partial charge in [-0.3, -0.25) is 0 Å². The second-order valence-electron chi connectivity index (χ2n) is 5.79. The molecule has 2 saturated carbocycles. The molecule has 0 spiro atoms. The van der Waals surface area contributed by atoms with Gasteiger partial charge in [-0.1, -0.05) is 25.0 Å². The van der Waals surface area contributed by atoms with Crippen molar-refractivity contribution in [3.8, 4) is 5.75 Å². The zero-order valence-corrected chi connectivity index (χ0v) is 10.8. The van der Waals surface area contributed by atoms with Gasteiger partial charge in [0.05, 0.1) is 12.7 Å². The largest absolute Gasteiger partial charge is 0.493 e. The highest BCUT2D eigenvalue weighted by molar-refractivity contribution is 5.31. The minimum absolute atomic E-state index is 0.169. The minimum atomic E-state index is -0.169. The third kappa shape index (κ3) is 2.86. The van der Waals surface area contributed by atoms with Crippen molar-refractivity contribution in [1.29, 1.82) is 0 Å². The Kier molecular flexibility index (Phi) is 3.55. The van der Waals surface area contributed by atoms with Gasteiger partial charge in [0.25, 0.3) is 0 Å². The quantitative estimate of drug-likeness (QED) is 0.881. The summed E-state index contributed by atoms with van der Waals surface area (Å²) in [6.45, 7) is 0.858. The molecular weight excluding hydrogens is 224 g/mol. The van der Waals surface area contributed by atoms with Gasteiger partial charge >= 0.3 is 0 Å². The van der Waals surface area contributed by atoms with E-state index in [1.165, 1.54) is 24.8 Å². The molecule has 2 aliphatic rings. The Morgan fingerprint density at radius 1 is 1.11 bits per heavy atom. The van der Waals surface area contributed by atoms with Crippen LogP contribution in [-0.4, -0.2) is 17.8 Å². The Bertz CT molecular complexity index is 398. The zero-order valence-electron chi connectivity index (χ0n) is 10.8. The number of hydrogen-bond donors (Lipinski definition) is 1. The van der Waals surface area contributed by atoms with Crippen LogP contribution in [0.4, 0.5) is 0 Å². The number of hydrogen-bond acceptors (Lipinski definition) is 2. The Morgan fingerprint density at radius 2 is 1.94 bits per heavy atom. The topological polar surface area (TPSA) is 29.5 Å². The summed E-state index contributed by atoms with van der Waals surface area (Å²) in [5.41, 5.74) is 1.25. The van der Waals surface area contributed by atoms with Crippen molar-refractivity contribution in [2.45, 2.75) is 50.5 Å². The molecule has 1 N–H and O–H groups in total. The molecule has 2 nitrogen and oxygen atoms in total. The van der Waals surface area contributed by atoms with E-state index in [4.69, 9.17) is 4.74 Å². The van der Waals surface area contributed by atoms with Crippen molar-refractivity contribution in [1.82, 2.24) is 0 Å². The fourth-order valence-corrected chi connectivity index (χ4v) is 2.83. The van der Waals surface area contributed by atoms with Gasteiger partial charge in [-0.05, 0) is 49.3 Å². The highest BCUT2D eigenvalue weighted by atomic mass is 16.5. The van der Waals surface area contributed by atoms with Crippen LogP contribution in [0.5, 0.6) is 5.75 Å². The third-order valence-electron chi connectivity index (χ3n) is 4.20. The minimum Gasteiger partial charge on any atom is -0.493 e. The molecule has 0 bridgehead atoms. The Labute approximate surface area is 109 Å². The van der Waals surface area contributed by atoms with Crippen LogP contribution in [0.1, 0.15) is 50.0 Å². The lowest BCUT2D eigenvalue weighted by Gasteiger charge is -2.28. The monoisotopic (exact) mass is 246 g/mol. The molecule has 0 heterocycles. The third-order valence-corrected chi connectivity index (χ3v) is 4.20. The van der Waals surface area contributed by atoms with E-state index < -0.39 is 0 Å². The second kappa shape index (κ2) is 5.31. The van der Waals surface area contributed by atoms with Gasteiger partial charge < -0.3 is 9.84 Å². The van der Waals surface area contributed by atoms with E-state index in [0.29, 0.717) is 5.92 Å². The van der Waals surface area contributed by atoms with Crippen LogP contribution in [0, 0.1) is 5.92 Å². The van der Waals surface area contributed by atoms with E-state index in [2.05, 4.69) is 18.2 Å². The molecule has 0 amide bonds. The summed E-state index contributed by atoms with van der Waals surface area (Å²) in [7, 11) is 0. The first-order valence-electron chi connectivity index (χ1n) is 7.24. The number of aliphatic hydroxyl groups is 1. The maximum Gasteiger partial charge on any atom is 0.119 e. The van der Waals surface area contributed by atoms with E-state index in [-0.39, 0.29) is 6.10 Å². The number of rotatable bonds is 4. The van der Waals surface area contributed by atoms with Crippen molar-refractivity contribution in [2.75, 3.05) is 6.61 Å². The Morgan fingerprint density at radius 3 is 2.72 bits per heavy atom. The van der Waals surface area contributed by atoms with Crippen LogP contribution in [0.3, 0.4) is 0 Å². The molecule has 3 rings (SSSR count). The van der Waals surface area contributed by atoms with Crippen LogP contribution in [0.15, 0.2) is 24.3 Å². The van der Waals surface area contributed by atoms with E-state index in [1.807, 2.05) is 6.07 Å². The standard InChI is InChI=1S/C16H22O2/c17-16-7-2-1-6-15(16)13-4-3-5-14(10-13)18-11-12-8-9-12/h3-5,10,12,15-17H,1-2,6-9,11H2/t15-,16+/m0/s1. The Hall–Kier alpha value is -1.02. The summed E-state index contributed by atoms with van der Waals surface area (Å²) in [5.74, 6) is 2.06. The van der Waals surface area contributed by atoms with Crippen LogP contribution < -0.4 is 4.74 Å². The van der Waals surface area contributed by atoms with Gasteiger partial charge in [0, 0.05) is 5.92 Å². The summed E-state index contributed by atoms with van der Waals surface area (Å²) < 4.78 is 5.82. The highest BCUT2D eigenvalue weighted by Crippen LogP contribution is 2.35. The highest BCUT2D eigenvalue weighted by Gasteiger charge is 2.25. The normalized spacial score (nSPS) is 28.1. The SMILES string of the molecule is O[C@@H]1CCCC[C@H]1c1cccc(OCC2CC2)c1. The molecule has 0 radical (unpaired) electrons. The summed E-state index contributed by atoms with van der Waals surface area (Å²) in [4.78, 5) is 0. The molecule has 2 heteroatoms. The van der Waals surface area contributed by atoms with E-state index >= 15 is 0 Å². The van der Waals surface area contributed by atoms with Crippen molar-refractivity contribution < 1.29 is 9.84 Å². The lowest BCUT2D eigenvalue weighted by Crippen LogP contribution is -2.22. The number of benzene rings is 1. The summed E-state index contributed by atoms with van der Waals surface area (Å²) >= 11 is 0. The zero-order chi connectivity index (χ0) is 12.4. The Balaban J connectivity index is 1.68. The molecule has 2 aliphatic carbocycles. The fourth-order valence-electron chi connectivity index (χ4n) is 2.83. The van der Waals surface area contributed by atoms with Crippen LogP contribution in [-0.2, 0) is 0 Å². The summed E-state index contributed by atoms with van der Waals surface area (Å²) in [5, 5.41) is 10.1. The number of aliphatic hydroxyl groups excluding tert-OH is 1. The fraction of sp³-hybridized carbons (Fsp3) is 0.625.